The van der Waals surface area contributed by atoms with Crippen molar-refractivity contribution in [1.29, 1.82) is 0 Å². The average Bonchev–Trinajstić information content (AvgIpc) is 2.94. The van der Waals surface area contributed by atoms with Gasteiger partial charge in [0.1, 0.15) is 11.9 Å². The van der Waals surface area contributed by atoms with E-state index in [1.54, 1.807) is 31.4 Å². The molecule has 2 aromatic carbocycles. The number of hydrogen-bond acceptors (Lipinski definition) is 5. The first kappa shape index (κ1) is 29.9. The van der Waals surface area contributed by atoms with E-state index < -0.39 is 17.9 Å². The number of pyridine rings is 1. The van der Waals surface area contributed by atoms with E-state index in [1.807, 2.05) is 0 Å². The van der Waals surface area contributed by atoms with E-state index in [0.29, 0.717) is 33.5 Å². The second kappa shape index (κ2) is 13.1. The number of rotatable bonds is 11. The number of halogens is 5. The Balaban J connectivity index is 1.27. The zero-order valence-electron chi connectivity index (χ0n) is 21.8. The fourth-order valence-corrected chi connectivity index (χ4v) is 6.33. The molecule has 1 saturated heterocycles. The number of thioether (sulfide) groups is 1. The van der Waals surface area contributed by atoms with Crippen LogP contribution in [-0.2, 0) is 6.18 Å². The molecule has 4 nitrogen and oxygen atoms in total. The fourth-order valence-electron chi connectivity index (χ4n) is 5.17. The molecule has 1 atom stereocenters. The van der Waals surface area contributed by atoms with Gasteiger partial charge in [-0.1, -0.05) is 17.7 Å². The maximum atomic E-state index is 15.6. The maximum Gasteiger partial charge on any atom is 0.416 e. The first-order chi connectivity index (χ1) is 18.6. The number of hydrogen-bond donors (Lipinski definition) is 1. The molecule has 0 bridgehead atoms. The van der Waals surface area contributed by atoms with Crippen molar-refractivity contribution in [2.24, 2.45) is 5.41 Å². The third-order valence-electron chi connectivity index (χ3n) is 7.61. The van der Waals surface area contributed by atoms with Crippen molar-refractivity contribution in [3.8, 4) is 5.75 Å². The molecular formula is C29H33ClF4N2O2S. The van der Waals surface area contributed by atoms with Gasteiger partial charge < -0.3 is 14.7 Å². The van der Waals surface area contributed by atoms with Gasteiger partial charge in [0, 0.05) is 28.6 Å². The number of methoxy groups -OCH3 is 1. The number of ether oxygens (including phenoxy) is 1. The van der Waals surface area contributed by atoms with Gasteiger partial charge in [-0.2, -0.15) is 13.2 Å². The van der Waals surface area contributed by atoms with Crippen LogP contribution in [0.3, 0.4) is 0 Å². The second-order valence-corrected chi connectivity index (χ2v) is 11.7. The summed E-state index contributed by atoms with van der Waals surface area (Å²) in [6.45, 7) is 2.42. The predicted molar refractivity (Wildman–Crippen MR) is 148 cm³/mol. The molecule has 0 amide bonds. The van der Waals surface area contributed by atoms with Gasteiger partial charge in [0.2, 0.25) is 0 Å². The van der Waals surface area contributed by atoms with E-state index in [1.165, 1.54) is 30.1 Å². The highest BCUT2D eigenvalue weighted by Gasteiger charge is 2.35. The van der Waals surface area contributed by atoms with Crippen LogP contribution in [0, 0.1) is 5.41 Å². The Hall–Kier alpha value is -2.07. The van der Waals surface area contributed by atoms with Gasteiger partial charge in [0.25, 0.3) is 0 Å². The summed E-state index contributed by atoms with van der Waals surface area (Å²) in [5.74, 6) is 1.32. The Bertz CT molecular complexity index is 1250. The Kier molecular flexibility index (Phi) is 10.0. The molecule has 212 valence electrons. The van der Waals surface area contributed by atoms with Crippen molar-refractivity contribution >= 4 is 34.3 Å². The number of piperidine rings is 1. The van der Waals surface area contributed by atoms with Crippen molar-refractivity contribution in [3.63, 3.8) is 0 Å². The summed E-state index contributed by atoms with van der Waals surface area (Å²) < 4.78 is 59.7. The third-order valence-corrected chi connectivity index (χ3v) is 8.99. The number of aliphatic hydroxyl groups is 1. The van der Waals surface area contributed by atoms with Crippen LogP contribution in [0.1, 0.15) is 49.4 Å². The topological polar surface area (TPSA) is 45.6 Å². The highest BCUT2D eigenvalue weighted by Crippen LogP contribution is 2.42. The van der Waals surface area contributed by atoms with Crippen molar-refractivity contribution in [3.05, 3.63) is 64.8 Å². The third kappa shape index (κ3) is 7.57. The number of aromatic nitrogens is 1. The lowest BCUT2D eigenvalue weighted by molar-refractivity contribution is -0.137. The second-order valence-electron chi connectivity index (χ2n) is 10.1. The highest BCUT2D eigenvalue weighted by atomic mass is 35.5. The molecule has 1 N–H and O–H groups in total. The molecule has 39 heavy (non-hydrogen) atoms. The largest absolute Gasteiger partial charge is 0.497 e. The van der Waals surface area contributed by atoms with Crippen LogP contribution < -0.4 is 4.74 Å². The van der Waals surface area contributed by atoms with E-state index in [9.17, 15) is 18.3 Å². The zero-order valence-corrected chi connectivity index (χ0v) is 23.4. The molecular weight excluding hydrogens is 552 g/mol. The van der Waals surface area contributed by atoms with Crippen molar-refractivity contribution in [2.45, 2.75) is 49.3 Å². The number of alkyl halides is 4. The van der Waals surface area contributed by atoms with Crippen LogP contribution >= 0.6 is 23.4 Å². The summed E-state index contributed by atoms with van der Waals surface area (Å²) in [7, 11) is 1.55. The summed E-state index contributed by atoms with van der Waals surface area (Å²) in [6, 6.07) is 10.7. The van der Waals surface area contributed by atoms with Crippen LogP contribution in [0.25, 0.3) is 10.9 Å². The van der Waals surface area contributed by atoms with E-state index in [4.69, 9.17) is 16.3 Å². The van der Waals surface area contributed by atoms with Gasteiger partial charge in [0.05, 0.1) is 23.2 Å². The van der Waals surface area contributed by atoms with Crippen LogP contribution in [0.2, 0.25) is 5.02 Å². The predicted octanol–water partition coefficient (Wildman–Crippen LogP) is 7.96. The molecule has 0 unspecified atom stereocenters. The van der Waals surface area contributed by atoms with Crippen LogP contribution in [-0.4, -0.2) is 54.1 Å². The number of nitrogens with zero attached hydrogens (tertiary/aromatic N) is 2. The Labute approximate surface area is 235 Å². The van der Waals surface area contributed by atoms with Crippen LogP contribution in [0.5, 0.6) is 5.75 Å². The Morgan fingerprint density at radius 3 is 2.64 bits per heavy atom. The lowest BCUT2D eigenvalue weighted by Gasteiger charge is -2.41. The van der Waals surface area contributed by atoms with Gasteiger partial charge in [0.15, 0.2) is 0 Å². The van der Waals surface area contributed by atoms with Gasteiger partial charge >= 0.3 is 6.18 Å². The minimum Gasteiger partial charge on any atom is -0.497 e. The zero-order chi connectivity index (χ0) is 28.0. The molecule has 0 aliphatic carbocycles. The summed E-state index contributed by atoms with van der Waals surface area (Å²) >= 11 is 7.80. The molecule has 10 heteroatoms. The van der Waals surface area contributed by atoms with E-state index >= 15 is 4.39 Å². The number of fused-ring (bicyclic) bond motifs is 1. The summed E-state index contributed by atoms with van der Waals surface area (Å²) in [5.41, 5.74) is 0.0813. The lowest BCUT2D eigenvalue weighted by Crippen LogP contribution is -2.42. The van der Waals surface area contributed by atoms with Crippen LogP contribution in [0.4, 0.5) is 17.6 Å². The van der Waals surface area contributed by atoms with E-state index in [-0.39, 0.29) is 23.5 Å². The fraction of sp³-hybridized carbons (Fsp3) is 0.483. The standard InChI is InChI=1S/C29H33ClF4N2O2S/c1-38-21-6-7-26-23(17-21)27(24(30)18-35-26)25(31)8-9-28(19-37)10-13-36(14-11-28)12-3-15-39-22-5-2-4-20(16-22)29(32,33)34/h2,4-7,16-18,25,37H,3,8-15,19H2,1H3/t25-/m0/s1. The normalized spacial score (nSPS) is 16.9. The maximum absolute atomic E-state index is 15.6. The number of benzene rings is 2. The molecule has 1 aromatic heterocycles. The lowest BCUT2D eigenvalue weighted by atomic mass is 9.74. The SMILES string of the molecule is COc1ccc2ncc(Cl)c([C@@H](F)CCC3(CO)CCN(CCCSc4cccc(C(F)(F)F)c4)CC3)c2c1. The summed E-state index contributed by atoms with van der Waals surface area (Å²) in [4.78, 5) is 7.23. The molecule has 4 rings (SSSR count). The number of likely N-dealkylation sites (tertiary alicyclic amines) is 1. The van der Waals surface area contributed by atoms with E-state index in [0.717, 1.165) is 50.7 Å². The minimum atomic E-state index is -4.34. The highest BCUT2D eigenvalue weighted by molar-refractivity contribution is 7.99. The van der Waals surface area contributed by atoms with Crippen molar-refractivity contribution in [1.82, 2.24) is 9.88 Å². The summed E-state index contributed by atoms with van der Waals surface area (Å²) in [5, 5.41) is 11.2. The Morgan fingerprint density at radius 1 is 1.18 bits per heavy atom. The van der Waals surface area contributed by atoms with E-state index in [2.05, 4.69) is 9.88 Å². The molecule has 0 spiro atoms. The quantitative estimate of drug-likeness (QED) is 0.141. The van der Waals surface area contributed by atoms with Gasteiger partial charge in [-0.3, -0.25) is 4.98 Å². The molecule has 2 heterocycles. The monoisotopic (exact) mass is 584 g/mol. The minimum absolute atomic E-state index is 0.00238. The van der Waals surface area contributed by atoms with Gasteiger partial charge in [-0.25, -0.2) is 4.39 Å². The van der Waals surface area contributed by atoms with Crippen molar-refractivity contribution < 1.29 is 27.4 Å². The molecule has 1 aliphatic heterocycles. The molecule has 1 aliphatic rings. The average molecular weight is 585 g/mol. The first-order valence-corrected chi connectivity index (χ1v) is 14.4. The van der Waals surface area contributed by atoms with Crippen molar-refractivity contribution in [2.75, 3.05) is 39.1 Å². The smallest absolute Gasteiger partial charge is 0.416 e. The Morgan fingerprint density at radius 2 is 1.95 bits per heavy atom. The first-order valence-electron chi connectivity index (χ1n) is 13.0. The molecule has 3 aromatic rings. The van der Waals surface area contributed by atoms with Crippen LogP contribution in [0.15, 0.2) is 53.6 Å². The number of aliphatic hydroxyl groups excluding tert-OH is 1. The van der Waals surface area contributed by atoms with Gasteiger partial charge in [-0.05, 0) is 99.3 Å². The molecule has 0 radical (unpaired) electrons. The summed E-state index contributed by atoms with van der Waals surface area (Å²) in [6.07, 6.45) is -1.02. The molecule has 1 fully saturated rings. The molecule has 0 saturated carbocycles. The van der Waals surface area contributed by atoms with Gasteiger partial charge in [-0.15, -0.1) is 11.8 Å².